The Balaban J connectivity index is 2.34. The van der Waals surface area contributed by atoms with Crippen molar-refractivity contribution in [3.63, 3.8) is 0 Å². The van der Waals surface area contributed by atoms with Crippen molar-refractivity contribution >= 4 is 17.4 Å². The minimum atomic E-state index is -4.60. The molecule has 0 atom stereocenters. The van der Waals surface area contributed by atoms with E-state index in [0.717, 1.165) is 41.3 Å². The van der Waals surface area contributed by atoms with Crippen LogP contribution in [0.4, 0.5) is 32.0 Å². The van der Waals surface area contributed by atoms with Crippen LogP contribution in [0.2, 0.25) is 0 Å². The minimum absolute atomic E-state index is 0.0102. The average molecular weight is 414 g/mol. The van der Waals surface area contributed by atoms with Gasteiger partial charge in [-0.05, 0) is 36.4 Å². The molecule has 0 radical (unpaired) electrons. The molecule has 0 saturated carbocycles. The van der Waals surface area contributed by atoms with E-state index in [-0.39, 0.29) is 11.3 Å². The predicted octanol–water partition coefficient (Wildman–Crippen LogP) is 5.18. The maximum absolute atomic E-state index is 12.6. The summed E-state index contributed by atoms with van der Waals surface area (Å²) in [5.41, 5.74) is -2.90. The molecule has 2 rings (SSSR count). The fourth-order valence-corrected chi connectivity index (χ4v) is 2.32. The summed E-state index contributed by atoms with van der Waals surface area (Å²) in [6.07, 6.45) is -9.17. The van der Waals surface area contributed by atoms with Crippen molar-refractivity contribution in [2.24, 2.45) is 0 Å². The number of rotatable bonds is 3. The molecule has 2 aromatic rings. The van der Waals surface area contributed by atoms with E-state index in [1.165, 1.54) is 13.1 Å². The Labute approximate surface area is 160 Å². The molecule has 0 spiro atoms. The lowest BCUT2D eigenvalue weighted by Crippen LogP contribution is -2.28. The SMILES string of the molecule is CN(C(=O)/C(C#N)=C(\O)c1ccc(C(F)(F)F)cc1)c1ccc(C(F)(F)F)cc1. The predicted molar refractivity (Wildman–Crippen MR) is 91.5 cm³/mol. The van der Waals surface area contributed by atoms with Gasteiger partial charge in [-0.2, -0.15) is 31.6 Å². The van der Waals surface area contributed by atoms with Crippen LogP contribution in [-0.2, 0) is 17.1 Å². The summed E-state index contributed by atoms with van der Waals surface area (Å²) in [5.74, 6) is -1.91. The molecule has 10 heteroatoms. The Bertz CT molecular complexity index is 968. The molecule has 0 fully saturated rings. The van der Waals surface area contributed by atoms with Crippen molar-refractivity contribution in [2.75, 3.05) is 11.9 Å². The number of hydrogen-bond donors (Lipinski definition) is 1. The largest absolute Gasteiger partial charge is 0.506 e. The van der Waals surface area contributed by atoms with E-state index in [0.29, 0.717) is 12.1 Å². The Morgan fingerprint density at radius 1 is 0.897 bits per heavy atom. The Kier molecular flexibility index (Phi) is 5.92. The van der Waals surface area contributed by atoms with Gasteiger partial charge in [0.2, 0.25) is 0 Å². The normalized spacial score (nSPS) is 12.8. The van der Waals surface area contributed by atoms with Crippen LogP contribution in [0.15, 0.2) is 54.1 Å². The first-order valence-corrected chi connectivity index (χ1v) is 7.82. The molecule has 2 aromatic carbocycles. The van der Waals surface area contributed by atoms with Gasteiger partial charge in [-0.15, -0.1) is 0 Å². The van der Waals surface area contributed by atoms with Gasteiger partial charge < -0.3 is 10.0 Å². The van der Waals surface area contributed by atoms with Gasteiger partial charge in [0.25, 0.3) is 5.91 Å². The van der Waals surface area contributed by atoms with Gasteiger partial charge in [0.05, 0.1) is 11.1 Å². The van der Waals surface area contributed by atoms with Gasteiger partial charge in [0.15, 0.2) is 5.57 Å². The second-order valence-electron chi connectivity index (χ2n) is 5.82. The Hall–Kier alpha value is -3.48. The topological polar surface area (TPSA) is 64.3 Å². The summed E-state index contributed by atoms with van der Waals surface area (Å²) in [7, 11) is 1.17. The minimum Gasteiger partial charge on any atom is -0.506 e. The third kappa shape index (κ3) is 4.87. The van der Waals surface area contributed by atoms with Crippen molar-refractivity contribution in [3.8, 4) is 6.07 Å². The van der Waals surface area contributed by atoms with Crippen LogP contribution in [-0.4, -0.2) is 18.1 Å². The number of amides is 1. The molecule has 0 saturated heterocycles. The molecule has 29 heavy (non-hydrogen) atoms. The second-order valence-corrected chi connectivity index (χ2v) is 5.82. The van der Waals surface area contributed by atoms with Gasteiger partial charge in [0, 0.05) is 18.3 Å². The van der Waals surface area contributed by atoms with Crippen LogP contribution in [0.5, 0.6) is 0 Å². The maximum Gasteiger partial charge on any atom is 0.416 e. The number of likely N-dealkylation sites (N-methyl/N-ethyl adjacent to an activating group) is 1. The molecule has 0 bridgehead atoms. The lowest BCUT2D eigenvalue weighted by atomic mass is 10.1. The zero-order valence-electron chi connectivity index (χ0n) is 14.6. The van der Waals surface area contributed by atoms with E-state index >= 15 is 0 Å². The summed E-state index contributed by atoms with van der Waals surface area (Å²) in [6, 6.07) is 8.08. The number of anilines is 1. The first kappa shape index (κ1) is 21.8. The van der Waals surface area contributed by atoms with Crippen LogP contribution >= 0.6 is 0 Å². The molecule has 0 aliphatic carbocycles. The summed E-state index contributed by atoms with van der Waals surface area (Å²) in [4.78, 5) is 13.3. The lowest BCUT2D eigenvalue weighted by molar-refractivity contribution is -0.138. The number of alkyl halides is 6. The maximum atomic E-state index is 12.6. The van der Waals surface area contributed by atoms with Crippen molar-refractivity contribution in [1.29, 1.82) is 5.26 Å². The van der Waals surface area contributed by atoms with E-state index in [1.54, 1.807) is 0 Å². The number of carbonyl (C=O) groups is 1. The van der Waals surface area contributed by atoms with Crippen molar-refractivity contribution in [1.82, 2.24) is 0 Å². The highest BCUT2D eigenvalue weighted by Crippen LogP contribution is 2.32. The van der Waals surface area contributed by atoms with E-state index in [4.69, 9.17) is 0 Å². The number of halogens is 6. The third-order valence-electron chi connectivity index (χ3n) is 3.93. The fraction of sp³-hybridized carbons (Fsp3) is 0.158. The molecule has 1 N–H and O–H groups in total. The summed E-state index contributed by atoms with van der Waals surface area (Å²) in [5, 5.41) is 19.4. The molecular formula is C19H12F6N2O2. The summed E-state index contributed by atoms with van der Waals surface area (Å²) in [6.45, 7) is 0. The van der Waals surface area contributed by atoms with E-state index in [9.17, 15) is 41.5 Å². The van der Waals surface area contributed by atoms with Crippen LogP contribution in [0, 0.1) is 11.3 Å². The molecule has 152 valence electrons. The van der Waals surface area contributed by atoms with E-state index in [1.807, 2.05) is 0 Å². The van der Waals surface area contributed by atoms with Crippen molar-refractivity contribution in [2.45, 2.75) is 12.4 Å². The van der Waals surface area contributed by atoms with Gasteiger partial charge >= 0.3 is 12.4 Å². The molecule has 0 aliphatic heterocycles. The quantitative estimate of drug-likeness (QED) is 0.326. The van der Waals surface area contributed by atoms with Crippen LogP contribution in [0.1, 0.15) is 16.7 Å². The number of aliphatic hydroxyl groups excluding tert-OH is 1. The Morgan fingerprint density at radius 3 is 1.69 bits per heavy atom. The highest BCUT2D eigenvalue weighted by atomic mass is 19.4. The number of aliphatic hydroxyl groups is 1. The highest BCUT2D eigenvalue weighted by molar-refractivity contribution is 6.12. The van der Waals surface area contributed by atoms with Crippen LogP contribution in [0.25, 0.3) is 5.76 Å². The molecule has 0 aromatic heterocycles. The van der Waals surface area contributed by atoms with E-state index in [2.05, 4.69) is 0 Å². The zero-order chi connectivity index (χ0) is 22.0. The molecule has 1 amide bonds. The lowest BCUT2D eigenvalue weighted by Gasteiger charge is -2.18. The van der Waals surface area contributed by atoms with Gasteiger partial charge in [-0.3, -0.25) is 4.79 Å². The van der Waals surface area contributed by atoms with Crippen LogP contribution in [0.3, 0.4) is 0 Å². The van der Waals surface area contributed by atoms with Crippen molar-refractivity contribution in [3.05, 3.63) is 70.8 Å². The van der Waals surface area contributed by atoms with Gasteiger partial charge in [-0.1, -0.05) is 12.1 Å². The number of benzene rings is 2. The fourth-order valence-electron chi connectivity index (χ4n) is 2.32. The number of nitriles is 1. The third-order valence-corrected chi connectivity index (χ3v) is 3.93. The molecule has 0 unspecified atom stereocenters. The van der Waals surface area contributed by atoms with E-state index < -0.39 is 40.7 Å². The first-order valence-electron chi connectivity index (χ1n) is 7.82. The Morgan fingerprint density at radius 2 is 1.31 bits per heavy atom. The highest BCUT2D eigenvalue weighted by Gasteiger charge is 2.31. The molecule has 0 aliphatic rings. The van der Waals surface area contributed by atoms with Gasteiger partial charge in [-0.25, -0.2) is 0 Å². The van der Waals surface area contributed by atoms with Gasteiger partial charge in [0.1, 0.15) is 11.8 Å². The second kappa shape index (κ2) is 7.87. The molecule has 0 heterocycles. The zero-order valence-corrected chi connectivity index (χ0v) is 14.6. The van der Waals surface area contributed by atoms with Crippen molar-refractivity contribution < 1.29 is 36.2 Å². The monoisotopic (exact) mass is 414 g/mol. The number of hydrogen-bond acceptors (Lipinski definition) is 3. The number of nitrogens with zero attached hydrogens (tertiary/aromatic N) is 2. The average Bonchev–Trinajstić information content (AvgIpc) is 2.66. The summed E-state index contributed by atoms with van der Waals surface area (Å²) < 4.78 is 75.7. The molecule has 4 nitrogen and oxygen atoms in total. The standard InChI is InChI=1S/C19H12F6N2O2/c1-27(14-8-6-13(7-9-14)19(23,24)25)17(29)15(10-26)16(28)11-2-4-12(5-3-11)18(20,21)22/h2-9,28H,1H3/b16-15-. The smallest absolute Gasteiger partial charge is 0.416 e. The summed E-state index contributed by atoms with van der Waals surface area (Å²) >= 11 is 0. The molecular weight excluding hydrogens is 402 g/mol. The first-order chi connectivity index (χ1) is 13.4. The van der Waals surface area contributed by atoms with Crippen LogP contribution < -0.4 is 4.90 Å². The number of carbonyl (C=O) groups excluding carboxylic acids is 1.